The Bertz CT molecular complexity index is 731. The maximum Gasteiger partial charge on any atom is 4.00 e. The number of rotatable bonds is 3. The average Bonchev–Trinajstić information content (AvgIpc) is 2.99. The van der Waals surface area contributed by atoms with E-state index in [9.17, 15) is 0 Å². The van der Waals surface area contributed by atoms with E-state index in [4.69, 9.17) is 0 Å². The summed E-state index contributed by atoms with van der Waals surface area (Å²) in [6.45, 7) is 4.84. The Morgan fingerprint density at radius 3 is 1.86 bits per heavy atom. The molecule has 0 amide bonds. The van der Waals surface area contributed by atoms with Crippen molar-refractivity contribution in [1.29, 1.82) is 0 Å². The van der Waals surface area contributed by atoms with E-state index in [0.29, 0.717) is 11.8 Å². The molecule has 0 aliphatic heterocycles. The monoisotopic (exact) mass is 466 g/mol. The normalized spacial score (nSPS) is 19.8. The molecule has 0 saturated heterocycles. The number of fused-ring (bicyclic) bond motifs is 1. The van der Waals surface area contributed by atoms with E-state index in [1.807, 2.05) is 0 Å². The van der Waals surface area contributed by atoms with Crippen LogP contribution in [0.25, 0.3) is 0 Å². The predicted octanol–water partition coefficient (Wildman–Crippen LogP) is -2.88. The fraction of sp³-hybridized carbons (Fsp3) is 0.292. The van der Waals surface area contributed by atoms with Gasteiger partial charge in [-0.15, -0.1) is 12.2 Å². The summed E-state index contributed by atoms with van der Waals surface area (Å²) in [6.07, 6.45) is 9.42. The molecule has 0 nitrogen and oxygen atoms in total. The molecule has 2 aliphatic rings. The van der Waals surface area contributed by atoms with Crippen LogP contribution in [-0.2, 0) is 27.1 Å². The van der Waals surface area contributed by atoms with Gasteiger partial charge in [0, 0.05) is 0 Å². The van der Waals surface area contributed by atoms with Crippen molar-refractivity contribution >= 4 is 0 Å². The van der Waals surface area contributed by atoms with Gasteiger partial charge in [0.2, 0.25) is 0 Å². The van der Waals surface area contributed by atoms with Gasteiger partial charge < -0.3 is 37.2 Å². The maximum absolute atomic E-state index is 2.42. The summed E-state index contributed by atoms with van der Waals surface area (Å²) < 4.78 is 0. The first-order chi connectivity index (χ1) is 11.7. The van der Waals surface area contributed by atoms with Crippen LogP contribution in [0.15, 0.2) is 84.5 Å². The molecule has 0 aromatic heterocycles. The Hall–Kier alpha value is -0.626. The molecule has 2 aliphatic carbocycles. The second kappa shape index (κ2) is 11.5. The molecule has 0 spiro atoms. The van der Waals surface area contributed by atoms with Crippen LogP contribution >= 0.6 is 0 Å². The van der Waals surface area contributed by atoms with Gasteiger partial charge in [-0.25, -0.2) is 11.6 Å². The topological polar surface area (TPSA) is 0 Å². The maximum atomic E-state index is 2.42. The summed E-state index contributed by atoms with van der Waals surface area (Å²) in [5.41, 5.74) is 4.32. The minimum Gasteiger partial charge on any atom is -1.00 e. The van der Waals surface area contributed by atoms with Crippen molar-refractivity contribution in [3.63, 3.8) is 0 Å². The van der Waals surface area contributed by atoms with Crippen LogP contribution in [0.1, 0.15) is 37.8 Å². The molecule has 2 unspecified atom stereocenters. The summed E-state index contributed by atoms with van der Waals surface area (Å²) in [5, 5.41) is 0. The van der Waals surface area contributed by atoms with Gasteiger partial charge in [-0.2, -0.15) is 5.92 Å². The van der Waals surface area contributed by atoms with Crippen molar-refractivity contribution in [1.82, 2.24) is 0 Å². The van der Waals surface area contributed by atoms with Gasteiger partial charge in [-0.1, -0.05) is 98.0 Å². The van der Waals surface area contributed by atoms with E-state index in [1.54, 1.807) is 11.5 Å². The molecule has 0 bridgehead atoms. The Kier molecular flexibility index (Phi) is 11.3. The molecule has 2 atom stereocenters. The molecule has 1 saturated carbocycles. The van der Waals surface area contributed by atoms with Gasteiger partial charge in [0.1, 0.15) is 0 Å². The quantitative estimate of drug-likeness (QED) is 0.336. The second-order valence-electron chi connectivity index (χ2n) is 7.39. The van der Waals surface area contributed by atoms with E-state index in [1.165, 1.54) is 24.0 Å². The summed E-state index contributed by atoms with van der Waals surface area (Å²) in [7, 11) is 0. The van der Waals surface area contributed by atoms with Crippen LogP contribution in [0.3, 0.4) is 0 Å². The Morgan fingerprint density at radius 2 is 1.36 bits per heavy atom. The van der Waals surface area contributed by atoms with Crippen LogP contribution in [0, 0.1) is 17.8 Å². The van der Waals surface area contributed by atoms with Crippen molar-refractivity contribution in [2.24, 2.45) is 11.8 Å². The first-order valence-electron chi connectivity index (χ1n) is 9.06. The van der Waals surface area contributed by atoms with Gasteiger partial charge in [0.15, 0.2) is 0 Å². The summed E-state index contributed by atoms with van der Waals surface area (Å²) >= 11 is 0. The zero-order valence-corrected chi connectivity index (χ0v) is 20.0. The number of hydrogen-bond acceptors (Lipinski definition) is 0. The van der Waals surface area contributed by atoms with Crippen molar-refractivity contribution in [2.45, 2.75) is 32.1 Å². The second-order valence-corrected chi connectivity index (χ2v) is 7.39. The number of halogens is 3. The zero-order chi connectivity index (χ0) is 16.6. The van der Waals surface area contributed by atoms with Crippen molar-refractivity contribution < 1.29 is 58.9 Å². The molecule has 1 fully saturated rings. The first-order valence-corrected chi connectivity index (χ1v) is 9.06. The summed E-state index contributed by atoms with van der Waals surface area (Å²) in [4.78, 5) is 0. The Labute approximate surface area is 203 Å². The smallest absolute Gasteiger partial charge is 1.00 e. The van der Waals surface area contributed by atoms with Gasteiger partial charge in [-0.05, 0) is 17.8 Å². The Balaban J connectivity index is 0.00000182. The van der Waals surface area contributed by atoms with Crippen LogP contribution in [0.4, 0.5) is 0 Å². The standard InChI is InChI=1S/C24H25.3ClH.Ti/c1-18-17-19-11-9-10-16-22(19)23(18)24(2,20-12-5-3-6-13-20)21-14-7-4-8-15-21;;;;/h3-10,12-16,18-19H,11,17H2,1-2H3;3*1H;/q-1;;;;+4/p-3. The Morgan fingerprint density at radius 1 is 0.857 bits per heavy atom. The molecule has 4 rings (SSSR count). The fourth-order valence-electron chi connectivity index (χ4n) is 4.84. The van der Waals surface area contributed by atoms with Crippen LogP contribution in [0.5, 0.6) is 0 Å². The fourth-order valence-corrected chi connectivity index (χ4v) is 4.84. The molecule has 2 aromatic rings. The van der Waals surface area contributed by atoms with Crippen molar-refractivity contribution in [3.8, 4) is 0 Å². The molecule has 146 valence electrons. The van der Waals surface area contributed by atoms with Gasteiger partial charge in [0.25, 0.3) is 0 Å². The first kappa shape index (κ1) is 27.4. The van der Waals surface area contributed by atoms with Gasteiger partial charge in [-0.3, -0.25) is 0 Å². The molecule has 0 heterocycles. The van der Waals surface area contributed by atoms with E-state index in [-0.39, 0.29) is 64.4 Å². The molecule has 4 heteroatoms. The van der Waals surface area contributed by atoms with Crippen LogP contribution < -0.4 is 37.2 Å². The zero-order valence-electron chi connectivity index (χ0n) is 16.2. The van der Waals surface area contributed by atoms with Crippen LogP contribution in [-0.4, -0.2) is 0 Å². The molecular formula is C24H25Cl3Ti. The average molecular weight is 468 g/mol. The SMILES string of the molecule is CC1CC2CC=CC=C2[C-]1C(C)(c1ccccc1)c1ccccc1.[Cl-].[Cl-].[Cl-].[Ti+4]. The number of benzene rings is 2. The van der Waals surface area contributed by atoms with Crippen molar-refractivity contribution in [2.75, 3.05) is 0 Å². The molecule has 2 aromatic carbocycles. The summed E-state index contributed by atoms with van der Waals surface area (Å²) in [5.74, 6) is 2.94. The summed E-state index contributed by atoms with van der Waals surface area (Å²) in [6, 6.07) is 22.1. The minimum absolute atomic E-state index is 0. The number of hydrogen-bond donors (Lipinski definition) is 0. The minimum atomic E-state index is -0.0618. The van der Waals surface area contributed by atoms with Crippen LogP contribution in [0.2, 0.25) is 0 Å². The third-order valence-corrected chi connectivity index (χ3v) is 5.96. The largest absolute Gasteiger partial charge is 4.00 e. The van der Waals surface area contributed by atoms with Crippen molar-refractivity contribution in [3.05, 3.63) is 102 Å². The predicted molar refractivity (Wildman–Crippen MR) is 102 cm³/mol. The van der Waals surface area contributed by atoms with E-state index in [0.717, 1.165) is 0 Å². The third-order valence-electron chi connectivity index (χ3n) is 5.96. The number of allylic oxidation sites excluding steroid dienone is 4. The molecule has 0 N–H and O–H groups in total. The van der Waals surface area contributed by atoms with E-state index >= 15 is 0 Å². The van der Waals surface area contributed by atoms with E-state index < -0.39 is 0 Å². The third kappa shape index (κ3) is 4.74. The van der Waals surface area contributed by atoms with Gasteiger partial charge in [0.05, 0.1) is 0 Å². The van der Waals surface area contributed by atoms with E-state index in [2.05, 4.69) is 92.7 Å². The van der Waals surface area contributed by atoms with Gasteiger partial charge >= 0.3 is 21.7 Å². The molecular weight excluding hydrogens is 442 g/mol. The molecule has 0 radical (unpaired) electrons. The molecule has 28 heavy (non-hydrogen) atoms.